The van der Waals surface area contributed by atoms with Crippen molar-refractivity contribution in [3.8, 4) is 0 Å². The van der Waals surface area contributed by atoms with E-state index in [2.05, 4.69) is 14.7 Å². The standard InChI is InChI=1S/C12H15N3O3S/c16-19(17,15-7-9-2-1-5-18-9)10-3-4-11-12(6-10)14-8-13-11/h3-4,6,8-9,15H,1-2,5,7H2,(H,13,14). The smallest absolute Gasteiger partial charge is 0.240 e. The third kappa shape index (κ3) is 2.63. The van der Waals surface area contributed by atoms with Crippen LogP contribution in [0.25, 0.3) is 11.0 Å². The van der Waals surface area contributed by atoms with E-state index in [1.165, 1.54) is 0 Å². The molecule has 0 bridgehead atoms. The summed E-state index contributed by atoms with van der Waals surface area (Å²) in [4.78, 5) is 7.20. The Morgan fingerprint density at radius 2 is 2.37 bits per heavy atom. The lowest BCUT2D eigenvalue weighted by Gasteiger charge is -2.11. The molecule has 19 heavy (non-hydrogen) atoms. The van der Waals surface area contributed by atoms with Gasteiger partial charge in [0.05, 0.1) is 28.4 Å². The molecule has 102 valence electrons. The van der Waals surface area contributed by atoms with Crippen molar-refractivity contribution in [1.82, 2.24) is 14.7 Å². The maximum absolute atomic E-state index is 12.2. The van der Waals surface area contributed by atoms with Gasteiger partial charge >= 0.3 is 0 Å². The van der Waals surface area contributed by atoms with E-state index >= 15 is 0 Å². The summed E-state index contributed by atoms with van der Waals surface area (Å²) < 4.78 is 32.3. The summed E-state index contributed by atoms with van der Waals surface area (Å²) in [7, 11) is -3.49. The van der Waals surface area contributed by atoms with E-state index < -0.39 is 10.0 Å². The van der Waals surface area contributed by atoms with Gasteiger partial charge in [0.15, 0.2) is 0 Å². The van der Waals surface area contributed by atoms with Crippen LogP contribution in [0.15, 0.2) is 29.4 Å². The Kier molecular flexibility index (Phi) is 3.26. The van der Waals surface area contributed by atoms with Gasteiger partial charge in [-0.15, -0.1) is 0 Å². The molecule has 1 saturated heterocycles. The maximum Gasteiger partial charge on any atom is 0.240 e. The van der Waals surface area contributed by atoms with Gasteiger partial charge in [-0.3, -0.25) is 0 Å². The number of nitrogens with zero attached hydrogens (tertiary/aromatic N) is 1. The molecule has 2 heterocycles. The number of hydrogen-bond acceptors (Lipinski definition) is 4. The second-order valence-corrected chi connectivity index (χ2v) is 6.34. The molecule has 1 aliphatic rings. The summed E-state index contributed by atoms with van der Waals surface area (Å²) in [5, 5.41) is 0. The highest BCUT2D eigenvalue weighted by molar-refractivity contribution is 7.89. The number of benzene rings is 1. The van der Waals surface area contributed by atoms with Gasteiger partial charge in [0.1, 0.15) is 0 Å². The molecule has 0 saturated carbocycles. The number of fused-ring (bicyclic) bond motifs is 1. The Bertz CT molecular complexity index is 674. The highest BCUT2D eigenvalue weighted by atomic mass is 32.2. The fourth-order valence-electron chi connectivity index (χ4n) is 2.17. The van der Waals surface area contributed by atoms with Gasteiger partial charge in [-0.25, -0.2) is 18.1 Å². The van der Waals surface area contributed by atoms with E-state index in [1.807, 2.05) is 0 Å². The minimum absolute atomic E-state index is 0.00865. The van der Waals surface area contributed by atoms with Crippen LogP contribution in [0.5, 0.6) is 0 Å². The van der Waals surface area contributed by atoms with Crippen LogP contribution >= 0.6 is 0 Å². The molecule has 1 aromatic heterocycles. The number of ether oxygens (including phenoxy) is 1. The molecule has 7 heteroatoms. The quantitative estimate of drug-likeness (QED) is 0.876. The summed E-state index contributed by atoms with van der Waals surface area (Å²) in [5.74, 6) is 0. The van der Waals surface area contributed by atoms with E-state index in [1.54, 1.807) is 24.5 Å². The first-order valence-corrected chi connectivity index (χ1v) is 7.68. The summed E-state index contributed by atoms with van der Waals surface area (Å²) in [6, 6.07) is 4.83. The molecule has 3 rings (SSSR count). The summed E-state index contributed by atoms with van der Waals surface area (Å²) in [6.45, 7) is 1.04. The van der Waals surface area contributed by atoms with Crippen LogP contribution in [0.3, 0.4) is 0 Å². The average Bonchev–Trinajstić information content (AvgIpc) is 3.06. The van der Waals surface area contributed by atoms with Crippen LogP contribution in [0.4, 0.5) is 0 Å². The van der Waals surface area contributed by atoms with Gasteiger partial charge in [-0.1, -0.05) is 0 Å². The van der Waals surface area contributed by atoms with Crippen molar-refractivity contribution in [2.24, 2.45) is 0 Å². The number of sulfonamides is 1. The van der Waals surface area contributed by atoms with Crippen molar-refractivity contribution < 1.29 is 13.2 Å². The normalized spacial score (nSPS) is 20.1. The van der Waals surface area contributed by atoms with E-state index in [9.17, 15) is 8.42 Å². The molecule has 6 nitrogen and oxygen atoms in total. The summed E-state index contributed by atoms with van der Waals surface area (Å²) in [5.41, 5.74) is 1.46. The third-order valence-corrected chi connectivity index (χ3v) is 4.65. The van der Waals surface area contributed by atoms with Gasteiger partial charge in [-0.2, -0.15) is 0 Å². The van der Waals surface area contributed by atoms with Gasteiger partial charge in [0.2, 0.25) is 10.0 Å². The second-order valence-electron chi connectivity index (χ2n) is 4.57. The molecule has 1 atom stereocenters. The Labute approximate surface area is 111 Å². The first-order valence-electron chi connectivity index (χ1n) is 6.19. The predicted octanol–water partition coefficient (Wildman–Crippen LogP) is 1.02. The average molecular weight is 281 g/mol. The minimum atomic E-state index is -3.49. The SMILES string of the molecule is O=S(=O)(NCC1CCCO1)c1ccc2nc[nH]c2c1. The molecular weight excluding hydrogens is 266 g/mol. The topological polar surface area (TPSA) is 84.1 Å². The molecule has 0 radical (unpaired) electrons. The molecule has 2 N–H and O–H groups in total. The highest BCUT2D eigenvalue weighted by Gasteiger charge is 2.20. The number of imidazole rings is 1. The van der Waals surface area contributed by atoms with Crippen molar-refractivity contribution in [3.05, 3.63) is 24.5 Å². The summed E-state index contributed by atoms with van der Waals surface area (Å²) >= 11 is 0. The number of rotatable bonds is 4. The lowest BCUT2D eigenvalue weighted by Crippen LogP contribution is -2.31. The zero-order valence-electron chi connectivity index (χ0n) is 10.3. The van der Waals surface area contributed by atoms with Crippen molar-refractivity contribution in [2.75, 3.05) is 13.2 Å². The Balaban J connectivity index is 1.78. The van der Waals surface area contributed by atoms with E-state index in [4.69, 9.17) is 4.74 Å². The van der Waals surface area contributed by atoms with Gasteiger partial charge in [-0.05, 0) is 31.0 Å². The van der Waals surface area contributed by atoms with Crippen molar-refractivity contribution in [1.29, 1.82) is 0 Å². The fraction of sp³-hybridized carbons (Fsp3) is 0.417. The van der Waals surface area contributed by atoms with Crippen LogP contribution < -0.4 is 4.72 Å². The van der Waals surface area contributed by atoms with Crippen molar-refractivity contribution in [2.45, 2.75) is 23.8 Å². The Morgan fingerprint density at radius 3 is 3.16 bits per heavy atom. The van der Waals surface area contributed by atoms with Crippen LogP contribution in [0.2, 0.25) is 0 Å². The van der Waals surface area contributed by atoms with Gasteiger partial charge < -0.3 is 9.72 Å². The number of H-pyrrole nitrogens is 1. The highest BCUT2D eigenvalue weighted by Crippen LogP contribution is 2.17. The fourth-order valence-corrected chi connectivity index (χ4v) is 3.27. The molecule has 1 aliphatic heterocycles. The molecule has 0 spiro atoms. The third-order valence-electron chi connectivity index (χ3n) is 3.23. The van der Waals surface area contributed by atoms with Crippen LogP contribution in [-0.2, 0) is 14.8 Å². The lowest BCUT2D eigenvalue weighted by molar-refractivity contribution is 0.114. The monoisotopic (exact) mass is 281 g/mol. The predicted molar refractivity (Wildman–Crippen MR) is 70.3 cm³/mol. The minimum Gasteiger partial charge on any atom is -0.377 e. The van der Waals surface area contributed by atoms with Crippen molar-refractivity contribution in [3.63, 3.8) is 0 Å². The van der Waals surface area contributed by atoms with E-state index in [0.717, 1.165) is 18.4 Å². The number of hydrogen-bond donors (Lipinski definition) is 2. The zero-order valence-corrected chi connectivity index (χ0v) is 11.1. The number of aromatic amines is 1. The molecule has 1 unspecified atom stereocenters. The molecule has 0 amide bonds. The van der Waals surface area contributed by atoms with Gasteiger partial charge in [0.25, 0.3) is 0 Å². The maximum atomic E-state index is 12.2. The molecule has 1 aromatic carbocycles. The first kappa shape index (κ1) is 12.6. The van der Waals surface area contributed by atoms with Crippen LogP contribution in [0, 0.1) is 0 Å². The zero-order chi connectivity index (χ0) is 13.3. The second kappa shape index (κ2) is 4.92. The molecular formula is C12H15N3O3S. The number of aromatic nitrogens is 2. The molecule has 0 aliphatic carbocycles. The van der Waals surface area contributed by atoms with Crippen molar-refractivity contribution >= 4 is 21.1 Å². The summed E-state index contributed by atoms with van der Waals surface area (Å²) in [6.07, 6.45) is 3.43. The largest absolute Gasteiger partial charge is 0.377 e. The Morgan fingerprint density at radius 1 is 1.47 bits per heavy atom. The number of nitrogens with one attached hydrogen (secondary N) is 2. The lowest BCUT2D eigenvalue weighted by atomic mass is 10.2. The first-order chi connectivity index (χ1) is 9.15. The van der Waals surface area contributed by atoms with E-state index in [-0.39, 0.29) is 11.0 Å². The van der Waals surface area contributed by atoms with Crippen LogP contribution in [-0.4, -0.2) is 37.6 Å². The Hall–Kier alpha value is -1.44. The molecule has 2 aromatic rings. The van der Waals surface area contributed by atoms with E-state index in [0.29, 0.717) is 18.7 Å². The molecule has 1 fully saturated rings. The van der Waals surface area contributed by atoms with Gasteiger partial charge in [0, 0.05) is 13.2 Å². The van der Waals surface area contributed by atoms with Crippen LogP contribution in [0.1, 0.15) is 12.8 Å².